The largest absolute Gasteiger partial charge is 0.462 e. The van der Waals surface area contributed by atoms with Gasteiger partial charge >= 0.3 is 5.97 Å². The summed E-state index contributed by atoms with van der Waals surface area (Å²) in [6.45, 7) is 8.50. The highest BCUT2D eigenvalue weighted by molar-refractivity contribution is 6.34. The number of esters is 1. The summed E-state index contributed by atoms with van der Waals surface area (Å²) in [6, 6.07) is 0. The lowest BCUT2D eigenvalue weighted by Gasteiger charge is -2.14. The monoisotopic (exact) mass is 214 g/mol. The van der Waals surface area contributed by atoms with Crippen LogP contribution in [0.5, 0.6) is 0 Å². The van der Waals surface area contributed by atoms with Gasteiger partial charge in [-0.3, -0.25) is 0 Å². The molecule has 0 aromatic carbocycles. The summed E-state index contributed by atoms with van der Waals surface area (Å²) < 4.78 is 5.15. The number of hydrogen-bond donors (Lipinski definition) is 0. The average Bonchev–Trinajstić information content (AvgIpc) is 2.17. The van der Waals surface area contributed by atoms with Gasteiger partial charge in [-0.2, -0.15) is 0 Å². The second-order valence-electron chi connectivity index (χ2n) is 3.80. The third-order valence-corrected chi connectivity index (χ3v) is 2.75. The van der Waals surface area contributed by atoms with Crippen LogP contribution < -0.4 is 0 Å². The Hall–Kier alpha value is -0.573. The van der Waals surface area contributed by atoms with Gasteiger partial charge in [-0.25, -0.2) is 4.79 Å². The topological polar surface area (TPSA) is 26.3 Å². The molecule has 0 saturated heterocycles. The van der Waals surface area contributed by atoms with E-state index in [1.165, 1.54) is 12.8 Å². The Morgan fingerprint density at radius 3 is 2.57 bits per heavy atom. The van der Waals surface area contributed by atoms with E-state index < -0.39 is 0 Å². The van der Waals surface area contributed by atoms with Crippen molar-refractivity contribution in [3.8, 4) is 0 Å². The summed E-state index contributed by atoms with van der Waals surface area (Å²) in [6.07, 6.45) is 4.67. The molecule has 0 N–H and O–H groups in total. The summed E-state index contributed by atoms with van der Waals surface area (Å²) in [5.74, 6) is 0.325. The van der Waals surface area contributed by atoms with Gasteiger partial charge in [0.1, 0.15) is 0 Å². The molecule has 0 saturated carbocycles. The Morgan fingerprint density at radius 1 is 1.50 bits per heavy atom. The first-order valence-corrected chi connectivity index (χ1v) is 6.44. The van der Waals surface area contributed by atoms with E-state index in [0.29, 0.717) is 28.0 Å². The average molecular weight is 214 g/mol. The van der Waals surface area contributed by atoms with Crippen LogP contribution in [0.15, 0.2) is 11.8 Å². The lowest BCUT2D eigenvalue weighted by atomic mass is 10.0. The van der Waals surface area contributed by atoms with Crippen LogP contribution in [0.4, 0.5) is 0 Å². The minimum Gasteiger partial charge on any atom is -0.462 e. The summed E-state index contributed by atoms with van der Waals surface area (Å²) in [5, 5.41) is 0.621. The molecule has 0 bridgehead atoms. The number of ether oxygens (including phenoxy) is 1. The highest BCUT2D eigenvalue weighted by Crippen LogP contribution is 2.13. The van der Waals surface area contributed by atoms with Crippen molar-refractivity contribution in [1.29, 1.82) is 0 Å². The number of rotatable bonds is 7. The molecule has 0 radical (unpaired) electrons. The minimum absolute atomic E-state index is 0.202. The van der Waals surface area contributed by atoms with Crippen LogP contribution in [0.1, 0.15) is 39.5 Å². The van der Waals surface area contributed by atoms with Crippen LogP contribution in [0, 0.1) is 5.92 Å². The molecule has 0 amide bonds. The second-order valence-corrected chi connectivity index (χ2v) is 5.00. The van der Waals surface area contributed by atoms with Gasteiger partial charge in [0.05, 0.1) is 6.61 Å². The highest BCUT2D eigenvalue weighted by Gasteiger charge is 2.09. The SMILES string of the molecule is C=C([SiH3])C(=O)OCC(CC)CCCC. The Balaban J connectivity index is 3.71. The molecule has 0 spiro atoms. The third-order valence-electron chi connectivity index (χ3n) is 2.34. The Kier molecular flexibility index (Phi) is 7.48. The van der Waals surface area contributed by atoms with Crippen molar-refractivity contribution in [2.75, 3.05) is 6.61 Å². The fraction of sp³-hybridized carbons (Fsp3) is 0.727. The van der Waals surface area contributed by atoms with Crippen molar-refractivity contribution in [3.05, 3.63) is 11.8 Å². The predicted molar refractivity (Wildman–Crippen MR) is 63.3 cm³/mol. The molecular formula is C11H22O2Si. The first-order valence-electron chi connectivity index (χ1n) is 5.44. The van der Waals surface area contributed by atoms with Gasteiger partial charge in [-0.15, -0.1) is 0 Å². The Bertz CT molecular complexity index is 190. The van der Waals surface area contributed by atoms with Crippen LogP contribution in [-0.4, -0.2) is 22.8 Å². The quantitative estimate of drug-likeness (QED) is 0.366. The molecular weight excluding hydrogens is 192 g/mol. The molecule has 0 aliphatic carbocycles. The normalized spacial score (nSPS) is 12.4. The summed E-state index contributed by atoms with van der Waals surface area (Å²) in [5.41, 5.74) is 0. The van der Waals surface area contributed by atoms with E-state index in [0.717, 1.165) is 12.8 Å². The standard InChI is InChI=1S/C11H22O2Si/c1-4-6-7-10(5-2)8-13-11(12)9(3)14/h10H,3-8H2,1-2,14H3. The van der Waals surface area contributed by atoms with Gasteiger partial charge in [-0.1, -0.05) is 39.7 Å². The lowest BCUT2D eigenvalue weighted by Crippen LogP contribution is -2.15. The summed E-state index contributed by atoms with van der Waals surface area (Å²) in [4.78, 5) is 11.1. The van der Waals surface area contributed by atoms with Gasteiger partial charge in [0.2, 0.25) is 0 Å². The molecule has 0 rings (SSSR count). The second kappa shape index (κ2) is 7.80. The van der Waals surface area contributed by atoms with Gasteiger partial charge in [0, 0.05) is 15.4 Å². The van der Waals surface area contributed by atoms with E-state index >= 15 is 0 Å². The zero-order valence-corrected chi connectivity index (χ0v) is 11.6. The predicted octanol–water partition coefficient (Wildman–Crippen LogP) is 1.63. The fourth-order valence-corrected chi connectivity index (χ4v) is 1.36. The van der Waals surface area contributed by atoms with E-state index in [-0.39, 0.29) is 5.97 Å². The van der Waals surface area contributed by atoms with Crippen molar-refractivity contribution in [2.24, 2.45) is 5.92 Å². The van der Waals surface area contributed by atoms with E-state index in [4.69, 9.17) is 4.74 Å². The van der Waals surface area contributed by atoms with E-state index in [2.05, 4.69) is 20.4 Å². The van der Waals surface area contributed by atoms with Crippen molar-refractivity contribution < 1.29 is 9.53 Å². The van der Waals surface area contributed by atoms with E-state index in [9.17, 15) is 4.79 Å². The van der Waals surface area contributed by atoms with Crippen LogP contribution in [0.3, 0.4) is 0 Å². The molecule has 0 aliphatic heterocycles. The molecule has 3 heteroatoms. The van der Waals surface area contributed by atoms with E-state index in [1.54, 1.807) is 0 Å². The Labute approximate surface area is 90.1 Å². The molecule has 0 fully saturated rings. The maximum Gasteiger partial charge on any atom is 0.328 e. The third kappa shape index (κ3) is 5.97. The molecule has 14 heavy (non-hydrogen) atoms. The highest BCUT2D eigenvalue weighted by atomic mass is 28.1. The molecule has 2 nitrogen and oxygen atoms in total. The van der Waals surface area contributed by atoms with Crippen molar-refractivity contribution in [1.82, 2.24) is 0 Å². The molecule has 82 valence electrons. The molecule has 1 unspecified atom stereocenters. The number of unbranched alkanes of at least 4 members (excludes halogenated alkanes) is 1. The van der Waals surface area contributed by atoms with Gasteiger partial charge in [0.25, 0.3) is 0 Å². The number of carbonyl (C=O) groups is 1. The molecule has 0 aliphatic rings. The van der Waals surface area contributed by atoms with Crippen molar-refractivity contribution in [3.63, 3.8) is 0 Å². The van der Waals surface area contributed by atoms with E-state index in [1.807, 2.05) is 0 Å². The summed E-state index contributed by atoms with van der Waals surface area (Å²) in [7, 11) is 0.698. The minimum atomic E-state index is -0.202. The maximum atomic E-state index is 11.1. The number of carbonyl (C=O) groups excluding carboxylic acids is 1. The molecule has 0 aromatic rings. The smallest absolute Gasteiger partial charge is 0.328 e. The van der Waals surface area contributed by atoms with Gasteiger partial charge < -0.3 is 4.74 Å². The first-order chi connectivity index (χ1) is 6.61. The van der Waals surface area contributed by atoms with Crippen molar-refractivity contribution >= 4 is 16.2 Å². The molecule has 1 atom stereocenters. The van der Waals surface area contributed by atoms with Crippen LogP contribution >= 0.6 is 0 Å². The number of hydrogen-bond acceptors (Lipinski definition) is 2. The first kappa shape index (κ1) is 13.4. The fourth-order valence-electron chi connectivity index (χ4n) is 1.21. The lowest BCUT2D eigenvalue weighted by molar-refractivity contribution is -0.139. The molecule has 0 aromatic heterocycles. The van der Waals surface area contributed by atoms with Crippen LogP contribution in [0.2, 0.25) is 0 Å². The zero-order chi connectivity index (χ0) is 11.0. The van der Waals surface area contributed by atoms with Crippen molar-refractivity contribution in [2.45, 2.75) is 39.5 Å². The zero-order valence-electron chi connectivity index (χ0n) is 9.64. The molecule has 0 heterocycles. The van der Waals surface area contributed by atoms with Crippen LogP contribution in [-0.2, 0) is 9.53 Å². The van der Waals surface area contributed by atoms with Gasteiger partial charge in [-0.05, 0) is 12.3 Å². The van der Waals surface area contributed by atoms with Crippen LogP contribution in [0.25, 0.3) is 0 Å². The summed E-state index contributed by atoms with van der Waals surface area (Å²) >= 11 is 0. The van der Waals surface area contributed by atoms with Gasteiger partial charge in [0.15, 0.2) is 0 Å². The maximum absolute atomic E-state index is 11.1. The Morgan fingerprint density at radius 2 is 2.14 bits per heavy atom.